The lowest BCUT2D eigenvalue weighted by atomic mass is 10.1. The van der Waals surface area contributed by atoms with Crippen molar-refractivity contribution < 1.29 is 9.59 Å². The van der Waals surface area contributed by atoms with Crippen LogP contribution in [0.2, 0.25) is 0 Å². The van der Waals surface area contributed by atoms with Gasteiger partial charge in [-0.2, -0.15) is 0 Å². The molecule has 1 aliphatic heterocycles. The first-order chi connectivity index (χ1) is 10.6. The molecule has 0 radical (unpaired) electrons. The van der Waals surface area contributed by atoms with Crippen LogP contribution >= 0.6 is 0 Å². The number of rotatable bonds is 5. The van der Waals surface area contributed by atoms with Gasteiger partial charge in [0.05, 0.1) is 13.1 Å². The lowest BCUT2D eigenvalue weighted by Gasteiger charge is -2.36. The fourth-order valence-electron chi connectivity index (χ4n) is 2.59. The molecule has 0 unspecified atom stereocenters. The number of carbonyl (C=O) groups excluding carboxylic acids is 2. The van der Waals surface area contributed by atoms with Gasteiger partial charge in [-0.1, -0.05) is 18.2 Å². The highest BCUT2D eigenvalue weighted by atomic mass is 16.2. The van der Waals surface area contributed by atoms with E-state index >= 15 is 0 Å². The van der Waals surface area contributed by atoms with E-state index < -0.39 is 0 Å². The molecule has 22 heavy (non-hydrogen) atoms. The SMILES string of the molecule is CNC(=O)CNC(=O)CN1CCN(c2ccccc2C)CC1. The van der Waals surface area contributed by atoms with Crippen molar-refractivity contribution in [1.29, 1.82) is 0 Å². The molecular formula is C16H24N4O2. The van der Waals surface area contributed by atoms with Crippen LogP contribution in [0.1, 0.15) is 5.56 Å². The largest absolute Gasteiger partial charge is 0.369 e. The molecule has 0 spiro atoms. The van der Waals surface area contributed by atoms with Crippen molar-refractivity contribution in [3.63, 3.8) is 0 Å². The molecule has 2 rings (SSSR count). The van der Waals surface area contributed by atoms with E-state index in [0.717, 1.165) is 26.2 Å². The Bertz CT molecular complexity index is 525. The van der Waals surface area contributed by atoms with Crippen molar-refractivity contribution in [3.8, 4) is 0 Å². The molecule has 0 aromatic heterocycles. The summed E-state index contributed by atoms with van der Waals surface area (Å²) in [6, 6.07) is 8.36. The molecule has 1 aliphatic rings. The van der Waals surface area contributed by atoms with E-state index in [4.69, 9.17) is 0 Å². The van der Waals surface area contributed by atoms with Crippen molar-refractivity contribution in [1.82, 2.24) is 15.5 Å². The summed E-state index contributed by atoms with van der Waals surface area (Å²) in [6.07, 6.45) is 0. The van der Waals surface area contributed by atoms with Crippen LogP contribution < -0.4 is 15.5 Å². The maximum Gasteiger partial charge on any atom is 0.239 e. The maximum absolute atomic E-state index is 11.8. The molecule has 1 aromatic rings. The predicted molar refractivity (Wildman–Crippen MR) is 86.9 cm³/mol. The van der Waals surface area contributed by atoms with E-state index in [0.29, 0.717) is 6.54 Å². The molecule has 1 aromatic carbocycles. The molecule has 0 saturated carbocycles. The molecule has 1 fully saturated rings. The highest BCUT2D eigenvalue weighted by molar-refractivity contribution is 5.85. The van der Waals surface area contributed by atoms with Crippen LogP contribution in [0.4, 0.5) is 5.69 Å². The zero-order valence-corrected chi connectivity index (χ0v) is 13.3. The van der Waals surface area contributed by atoms with Gasteiger partial charge in [0.15, 0.2) is 0 Å². The standard InChI is InChI=1S/C16H24N4O2/c1-13-5-3-4-6-14(13)20-9-7-19(8-10-20)12-16(22)18-11-15(21)17-2/h3-6H,7-12H2,1-2H3,(H,17,21)(H,18,22). The minimum absolute atomic E-state index is 0.0402. The molecular weight excluding hydrogens is 280 g/mol. The highest BCUT2D eigenvalue weighted by Gasteiger charge is 2.20. The van der Waals surface area contributed by atoms with Gasteiger partial charge in [0.2, 0.25) is 11.8 Å². The number of nitrogens with one attached hydrogen (secondary N) is 2. The normalized spacial score (nSPS) is 15.5. The Hall–Kier alpha value is -2.08. The number of benzene rings is 1. The zero-order valence-electron chi connectivity index (χ0n) is 13.3. The summed E-state index contributed by atoms with van der Waals surface area (Å²) in [5, 5.41) is 5.11. The first-order valence-corrected chi connectivity index (χ1v) is 7.60. The van der Waals surface area contributed by atoms with Gasteiger partial charge < -0.3 is 15.5 Å². The number of hydrogen-bond donors (Lipinski definition) is 2. The Morgan fingerprint density at radius 3 is 2.41 bits per heavy atom. The third kappa shape index (κ3) is 4.46. The Kier molecular flexibility index (Phi) is 5.77. The van der Waals surface area contributed by atoms with E-state index in [1.807, 2.05) is 6.07 Å². The van der Waals surface area contributed by atoms with Crippen LogP contribution in [0, 0.1) is 6.92 Å². The summed E-state index contributed by atoms with van der Waals surface area (Å²) in [5.41, 5.74) is 2.55. The molecule has 0 atom stereocenters. The fourth-order valence-corrected chi connectivity index (χ4v) is 2.59. The van der Waals surface area contributed by atoms with E-state index in [1.54, 1.807) is 7.05 Å². The lowest BCUT2D eigenvalue weighted by molar-refractivity contribution is -0.126. The molecule has 2 amide bonds. The Morgan fingerprint density at radius 1 is 1.09 bits per heavy atom. The van der Waals surface area contributed by atoms with E-state index in [9.17, 15) is 9.59 Å². The number of likely N-dealkylation sites (N-methyl/N-ethyl adjacent to an activating group) is 1. The van der Waals surface area contributed by atoms with Gasteiger partial charge in [-0.15, -0.1) is 0 Å². The number of amides is 2. The molecule has 0 bridgehead atoms. The quantitative estimate of drug-likeness (QED) is 0.802. The number of anilines is 1. The zero-order chi connectivity index (χ0) is 15.9. The average molecular weight is 304 g/mol. The monoisotopic (exact) mass is 304 g/mol. The van der Waals surface area contributed by atoms with Crippen LogP contribution in [-0.2, 0) is 9.59 Å². The summed E-state index contributed by atoms with van der Waals surface area (Å²) >= 11 is 0. The second-order valence-corrected chi connectivity index (χ2v) is 5.50. The fraction of sp³-hybridized carbons (Fsp3) is 0.500. The summed E-state index contributed by atoms with van der Waals surface area (Å²) in [6.45, 7) is 6.02. The van der Waals surface area contributed by atoms with Crippen molar-refractivity contribution in [2.45, 2.75) is 6.92 Å². The highest BCUT2D eigenvalue weighted by Crippen LogP contribution is 2.20. The number of aryl methyl sites for hydroxylation is 1. The summed E-state index contributed by atoms with van der Waals surface area (Å²) in [5.74, 6) is -0.286. The van der Waals surface area contributed by atoms with Crippen LogP contribution in [0.3, 0.4) is 0 Å². The maximum atomic E-state index is 11.8. The smallest absolute Gasteiger partial charge is 0.239 e. The lowest BCUT2D eigenvalue weighted by Crippen LogP contribution is -2.50. The summed E-state index contributed by atoms with van der Waals surface area (Å²) in [4.78, 5) is 27.4. The number of hydrogen-bond acceptors (Lipinski definition) is 4. The topological polar surface area (TPSA) is 64.7 Å². The molecule has 6 heteroatoms. The van der Waals surface area contributed by atoms with Gasteiger partial charge in [0.1, 0.15) is 0 Å². The molecule has 0 aliphatic carbocycles. The molecule has 120 valence electrons. The van der Waals surface area contributed by atoms with Gasteiger partial charge in [-0.3, -0.25) is 14.5 Å². The molecule has 2 N–H and O–H groups in total. The van der Waals surface area contributed by atoms with E-state index in [2.05, 4.69) is 45.6 Å². The second-order valence-electron chi connectivity index (χ2n) is 5.50. The molecule has 6 nitrogen and oxygen atoms in total. The van der Waals surface area contributed by atoms with Gasteiger partial charge in [0, 0.05) is 38.9 Å². The van der Waals surface area contributed by atoms with Crippen molar-refractivity contribution in [3.05, 3.63) is 29.8 Å². The van der Waals surface area contributed by atoms with Crippen molar-refractivity contribution in [2.24, 2.45) is 0 Å². The third-order valence-corrected chi connectivity index (χ3v) is 3.92. The predicted octanol–water partition coefficient (Wildman–Crippen LogP) is -0.0208. The summed E-state index contributed by atoms with van der Waals surface area (Å²) < 4.78 is 0. The Balaban J connectivity index is 1.76. The van der Waals surface area contributed by atoms with Gasteiger partial charge in [-0.25, -0.2) is 0 Å². The molecule has 1 saturated heterocycles. The third-order valence-electron chi connectivity index (χ3n) is 3.92. The van der Waals surface area contributed by atoms with Crippen molar-refractivity contribution >= 4 is 17.5 Å². The van der Waals surface area contributed by atoms with Gasteiger partial charge in [0.25, 0.3) is 0 Å². The first kappa shape index (κ1) is 16.3. The minimum atomic E-state index is -0.183. The van der Waals surface area contributed by atoms with Gasteiger partial charge in [-0.05, 0) is 18.6 Å². The van der Waals surface area contributed by atoms with Crippen LogP contribution in [0.15, 0.2) is 24.3 Å². The summed E-state index contributed by atoms with van der Waals surface area (Å²) in [7, 11) is 1.55. The Labute approximate surface area is 131 Å². The minimum Gasteiger partial charge on any atom is -0.369 e. The second kappa shape index (κ2) is 7.79. The van der Waals surface area contributed by atoms with E-state index in [-0.39, 0.29) is 18.4 Å². The number of nitrogens with zero attached hydrogens (tertiary/aromatic N) is 2. The van der Waals surface area contributed by atoms with Gasteiger partial charge >= 0.3 is 0 Å². The van der Waals surface area contributed by atoms with E-state index in [1.165, 1.54) is 11.3 Å². The average Bonchev–Trinajstić information content (AvgIpc) is 2.54. The first-order valence-electron chi connectivity index (χ1n) is 7.60. The van der Waals surface area contributed by atoms with Crippen LogP contribution in [0.25, 0.3) is 0 Å². The number of para-hydroxylation sites is 1. The van der Waals surface area contributed by atoms with Crippen LogP contribution in [0.5, 0.6) is 0 Å². The number of carbonyl (C=O) groups is 2. The Morgan fingerprint density at radius 2 is 1.77 bits per heavy atom. The van der Waals surface area contributed by atoms with Crippen LogP contribution in [-0.4, -0.2) is 63.0 Å². The number of piperazine rings is 1. The van der Waals surface area contributed by atoms with Crippen molar-refractivity contribution in [2.75, 3.05) is 51.2 Å². The molecule has 1 heterocycles.